The van der Waals surface area contributed by atoms with Gasteiger partial charge in [-0.1, -0.05) is 12.1 Å². The van der Waals surface area contributed by atoms with Crippen LogP contribution in [0.3, 0.4) is 0 Å². The maximum Gasteiger partial charge on any atom is 0.149 e. The van der Waals surface area contributed by atoms with Gasteiger partial charge < -0.3 is 9.13 Å². The van der Waals surface area contributed by atoms with Gasteiger partial charge in [-0.25, -0.2) is 4.98 Å². The average molecular weight is 324 g/mol. The summed E-state index contributed by atoms with van der Waals surface area (Å²) in [5.41, 5.74) is 2.31. The number of aryl methyl sites for hydroxylation is 1. The first-order valence-corrected chi connectivity index (χ1v) is 8.70. The Bertz CT molecular complexity index is 820. The van der Waals surface area contributed by atoms with Gasteiger partial charge in [0.05, 0.1) is 23.4 Å². The quantitative estimate of drug-likeness (QED) is 0.740. The molecule has 0 radical (unpaired) electrons. The van der Waals surface area contributed by atoms with Gasteiger partial charge in [0.25, 0.3) is 0 Å². The van der Waals surface area contributed by atoms with Crippen molar-refractivity contribution >= 4 is 11.0 Å². The molecule has 0 amide bonds. The molecule has 6 heteroatoms. The Kier molecular flexibility index (Phi) is 4.06. The summed E-state index contributed by atoms with van der Waals surface area (Å²) in [6.07, 6.45) is 6.27. The van der Waals surface area contributed by atoms with E-state index in [1.54, 1.807) is 6.33 Å². The highest BCUT2D eigenvalue weighted by Crippen LogP contribution is 2.27. The summed E-state index contributed by atoms with van der Waals surface area (Å²) in [6.45, 7) is 5.50. The number of aromatic nitrogens is 5. The van der Waals surface area contributed by atoms with Crippen LogP contribution in [0.4, 0.5) is 0 Å². The SMILES string of the molecule is CC(c1nncn1C)N1CCCC(Cn2cnc3ccccc32)C1. The summed E-state index contributed by atoms with van der Waals surface area (Å²) in [6, 6.07) is 8.68. The number of imidazole rings is 1. The van der Waals surface area contributed by atoms with Crippen molar-refractivity contribution in [1.82, 2.24) is 29.2 Å². The molecule has 1 saturated heterocycles. The van der Waals surface area contributed by atoms with Crippen LogP contribution in [-0.4, -0.2) is 42.3 Å². The lowest BCUT2D eigenvalue weighted by Gasteiger charge is -2.36. The van der Waals surface area contributed by atoms with Gasteiger partial charge >= 0.3 is 0 Å². The third kappa shape index (κ3) is 2.82. The number of nitrogens with zero attached hydrogens (tertiary/aromatic N) is 6. The Morgan fingerprint density at radius 3 is 2.96 bits per heavy atom. The largest absolute Gasteiger partial charge is 0.330 e. The van der Waals surface area contributed by atoms with Crippen LogP contribution in [-0.2, 0) is 13.6 Å². The molecule has 3 heterocycles. The third-order valence-electron chi connectivity index (χ3n) is 5.20. The van der Waals surface area contributed by atoms with E-state index in [0.29, 0.717) is 12.0 Å². The maximum atomic E-state index is 4.52. The van der Waals surface area contributed by atoms with E-state index in [1.165, 1.54) is 18.4 Å². The summed E-state index contributed by atoms with van der Waals surface area (Å²) >= 11 is 0. The molecule has 0 aliphatic carbocycles. The van der Waals surface area contributed by atoms with E-state index >= 15 is 0 Å². The number of likely N-dealkylation sites (tertiary alicyclic amines) is 1. The number of hydrogen-bond acceptors (Lipinski definition) is 4. The molecule has 0 N–H and O–H groups in total. The zero-order chi connectivity index (χ0) is 16.5. The van der Waals surface area contributed by atoms with Crippen LogP contribution in [0.2, 0.25) is 0 Å². The second kappa shape index (κ2) is 6.36. The fraction of sp³-hybridized carbons (Fsp3) is 0.500. The molecule has 1 aliphatic heterocycles. The standard InChI is InChI=1S/C18H24N6/c1-14(18-21-20-13-22(18)2)23-9-5-6-15(10-23)11-24-12-19-16-7-3-4-8-17(16)24/h3-4,7-8,12-15H,5-6,9-11H2,1-2H3. The van der Waals surface area contributed by atoms with Crippen molar-refractivity contribution < 1.29 is 0 Å². The number of benzene rings is 1. The summed E-state index contributed by atoms with van der Waals surface area (Å²) in [7, 11) is 2.02. The topological polar surface area (TPSA) is 51.8 Å². The van der Waals surface area contributed by atoms with Gasteiger partial charge in [-0.2, -0.15) is 0 Å². The van der Waals surface area contributed by atoms with Crippen LogP contribution >= 0.6 is 0 Å². The van der Waals surface area contributed by atoms with E-state index in [1.807, 2.05) is 24.0 Å². The molecular weight excluding hydrogens is 300 g/mol. The molecule has 1 fully saturated rings. The predicted octanol–water partition coefficient (Wildman–Crippen LogP) is 2.64. The highest BCUT2D eigenvalue weighted by molar-refractivity contribution is 5.74. The van der Waals surface area contributed by atoms with Crippen molar-refractivity contribution in [3.05, 3.63) is 42.7 Å². The Morgan fingerprint density at radius 1 is 1.25 bits per heavy atom. The molecule has 0 spiro atoms. The van der Waals surface area contributed by atoms with E-state index in [4.69, 9.17) is 0 Å². The van der Waals surface area contributed by atoms with Gasteiger partial charge in [0.1, 0.15) is 12.2 Å². The van der Waals surface area contributed by atoms with Gasteiger partial charge in [-0.15, -0.1) is 10.2 Å². The van der Waals surface area contributed by atoms with Crippen LogP contribution < -0.4 is 0 Å². The molecule has 2 aromatic heterocycles. The molecule has 1 aliphatic rings. The first-order chi connectivity index (χ1) is 11.7. The average Bonchev–Trinajstić information content (AvgIpc) is 3.21. The van der Waals surface area contributed by atoms with Crippen molar-refractivity contribution in [3.63, 3.8) is 0 Å². The van der Waals surface area contributed by atoms with E-state index in [2.05, 4.69) is 49.8 Å². The number of piperidine rings is 1. The van der Waals surface area contributed by atoms with Gasteiger partial charge in [-0.05, 0) is 44.4 Å². The van der Waals surface area contributed by atoms with Gasteiger partial charge in [0.15, 0.2) is 0 Å². The lowest BCUT2D eigenvalue weighted by Crippen LogP contribution is -2.39. The second-order valence-electron chi connectivity index (χ2n) is 6.86. The van der Waals surface area contributed by atoms with Gasteiger partial charge in [-0.3, -0.25) is 4.90 Å². The zero-order valence-electron chi connectivity index (χ0n) is 14.3. The molecule has 1 aromatic carbocycles. The Hall–Kier alpha value is -2.21. The smallest absolute Gasteiger partial charge is 0.149 e. The third-order valence-corrected chi connectivity index (χ3v) is 5.20. The Morgan fingerprint density at radius 2 is 2.12 bits per heavy atom. The van der Waals surface area contributed by atoms with Gasteiger partial charge in [0, 0.05) is 20.1 Å². The monoisotopic (exact) mass is 324 g/mol. The van der Waals surface area contributed by atoms with Crippen LogP contribution in [0.1, 0.15) is 31.6 Å². The highest BCUT2D eigenvalue weighted by atomic mass is 15.3. The van der Waals surface area contributed by atoms with E-state index in [9.17, 15) is 0 Å². The number of rotatable bonds is 4. The fourth-order valence-electron chi connectivity index (χ4n) is 3.87. The lowest BCUT2D eigenvalue weighted by atomic mass is 9.96. The molecule has 2 atom stereocenters. The molecule has 0 bridgehead atoms. The van der Waals surface area contributed by atoms with E-state index in [0.717, 1.165) is 31.0 Å². The maximum absolute atomic E-state index is 4.52. The minimum Gasteiger partial charge on any atom is -0.330 e. The molecule has 4 rings (SSSR count). The Balaban J connectivity index is 1.48. The summed E-state index contributed by atoms with van der Waals surface area (Å²) in [5.74, 6) is 1.69. The molecular formula is C18H24N6. The molecule has 0 saturated carbocycles. The van der Waals surface area contributed by atoms with Crippen LogP contribution in [0.5, 0.6) is 0 Å². The summed E-state index contributed by atoms with van der Waals surface area (Å²) < 4.78 is 4.33. The minimum atomic E-state index is 0.305. The first-order valence-electron chi connectivity index (χ1n) is 8.70. The number of fused-ring (bicyclic) bond motifs is 1. The lowest BCUT2D eigenvalue weighted by molar-refractivity contribution is 0.117. The summed E-state index contributed by atoms with van der Waals surface area (Å²) in [5, 5.41) is 8.31. The van der Waals surface area contributed by atoms with Crippen molar-refractivity contribution in [2.45, 2.75) is 32.4 Å². The molecule has 24 heavy (non-hydrogen) atoms. The van der Waals surface area contributed by atoms with Crippen LogP contribution in [0.15, 0.2) is 36.9 Å². The van der Waals surface area contributed by atoms with E-state index in [-0.39, 0.29) is 0 Å². The predicted molar refractivity (Wildman–Crippen MR) is 93.4 cm³/mol. The number of hydrogen-bond donors (Lipinski definition) is 0. The second-order valence-corrected chi connectivity index (χ2v) is 6.86. The van der Waals surface area contributed by atoms with Crippen molar-refractivity contribution in [2.24, 2.45) is 13.0 Å². The molecule has 6 nitrogen and oxygen atoms in total. The van der Waals surface area contributed by atoms with Crippen molar-refractivity contribution in [2.75, 3.05) is 13.1 Å². The van der Waals surface area contributed by atoms with Crippen molar-refractivity contribution in [1.29, 1.82) is 0 Å². The van der Waals surface area contributed by atoms with Gasteiger partial charge in [0.2, 0.25) is 0 Å². The molecule has 126 valence electrons. The zero-order valence-corrected chi connectivity index (χ0v) is 14.3. The fourth-order valence-corrected chi connectivity index (χ4v) is 3.87. The highest BCUT2D eigenvalue weighted by Gasteiger charge is 2.27. The summed E-state index contributed by atoms with van der Waals surface area (Å²) in [4.78, 5) is 7.06. The Labute approximate surface area is 142 Å². The minimum absolute atomic E-state index is 0.305. The van der Waals surface area contributed by atoms with E-state index < -0.39 is 0 Å². The van der Waals surface area contributed by atoms with Crippen molar-refractivity contribution in [3.8, 4) is 0 Å². The normalized spacial score (nSPS) is 20.5. The molecule has 2 unspecified atom stereocenters. The molecule has 3 aromatic rings. The number of para-hydroxylation sites is 2. The van der Waals surface area contributed by atoms with Crippen LogP contribution in [0, 0.1) is 5.92 Å². The van der Waals surface area contributed by atoms with Crippen LogP contribution in [0.25, 0.3) is 11.0 Å². The first kappa shape index (κ1) is 15.3.